The molecule has 0 fully saturated rings. The van der Waals surface area contributed by atoms with Crippen LogP contribution in [-0.4, -0.2) is 40.9 Å². The number of halogens is 1. The third-order valence-electron chi connectivity index (χ3n) is 3.39. The fourth-order valence-corrected chi connectivity index (χ4v) is 2.57. The molecule has 1 aromatic carbocycles. The first kappa shape index (κ1) is 18.4. The second-order valence-corrected chi connectivity index (χ2v) is 6.01. The molecule has 122 valence electrons. The normalized spacial score (nSPS) is 11.3. The molecule has 0 saturated heterocycles. The first-order valence-electron chi connectivity index (χ1n) is 7.22. The maximum absolute atomic E-state index is 12.1. The topological polar surface area (TPSA) is 75.5 Å². The lowest BCUT2D eigenvalue weighted by atomic mass is 10.2. The van der Waals surface area contributed by atoms with E-state index in [-0.39, 0.29) is 22.2 Å². The van der Waals surface area contributed by atoms with Gasteiger partial charge in [-0.15, -0.1) is 0 Å². The van der Waals surface area contributed by atoms with Crippen LogP contribution < -0.4 is 5.32 Å². The fourth-order valence-electron chi connectivity index (χ4n) is 2.31. The minimum Gasteiger partial charge on any atom is -0.351 e. The van der Waals surface area contributed by atoms with E-state index in [1.54, 1.807) is 0 Å². The second kappa shape index (κ2) is 8.10. The van der Waals surface area contributed by atoms with Gasteiger partial charge in [-0.1, -0.05) is 11.6 Å². The minimum absolute atomic E-state index is 0.0799. The van der Waals surface area contributed by atoms with Gasteiger partial charge in [-0.05, 0) is 33.8 Å². The molecule has 1 amide bonds. The van der Waals surface area contributed by atoms with Crippen LogP contribution in [-0.2, 0) is 0 Å². The van der Waals surface area contributed by atoms with Crippen LogP contribution in [0.3, 0.4) is 0 Å². The number of nitrogens with zero attached hydrogens (tertiary/aromatic N) is 2. The maximum atomic E-state index is 12.1. The summed E-state index contributed by atoms with van der Waals surface area (Å²) in [4.78, 5) is 24.5. The van der Waals surface area contributed by atoms with Crippen LogP contribution in [0.1, 0.15) is 38.1 Å². The molecule has 1 rings (SSSR count). The van der Waals surface area contributed by atoms with Gasteiger partial charge in [0, 0.05) is 37.3 Å². The van der Waals surface area contributed by atoms with Crippen molar-refractivity contribution in [3.05, 3.63) is 38.9 Å². The summed E-state index contributed by atoms with van der Waals surface area (Å²) in [6.07, 6.45) is 0. The van der Waals surface area contributed by atoms with Crippen molar-refractivity contribution in [2.24, 2.45) is 0 Å². The molecule has 0 radical (unpaired) electrons. The SMILES string of the molecule is CC(C)N(CCNC(=O)c1ccc([N+](=O)[O-])cc1Cl)C(C)C. The summed E-state index contributed by atoms with van der Waals surface area (Å²) in [7, 11) is 0. The van der Waals surface area contributed by atoms with Crippen molar-refractivity contribution in [2.45, 2.75) is 39.8 Å². The first-order valence-corrected chi connectivity index (χ1v) is 7.59. The number of nitro benzene ring substituents is 1. The van der Waals surface area contributed by atoms with E-state index in [9.17, 15) is 14.9 Å². The molecule has 0 spiro atoms. The van der Waals surface area contributed by atoms with Gasteiger partial charge in [0.15, 0.2) is 0 Å². The van der Waals surface area contributed by atoms with Gasteiger partial charge in [0.2, 0.25) is 0 Å². The number of amides is 1. The Kier molecular flexibility index (Phi) is 6.77. The van der Waals surface area contributed by atoms with Crippen molar-refractivity contribution in [3.8, 4) is 0 Å². The third-order valence-corrected chi connectivity index (χ3v) is 3.70. The van der Waals surface area contributed by atoms with Gasteiger partial charge < -0.3 is 5.32 Å². The summed E-state index contributed by atoms with van der Waals surface area (Å²) in [5.41, 5.74) is 0.111. The van der Waals surface area contributed by atoms with Crippen LogP contribution >= 0.6 is 11.6 Å². The Morgan fingerprint density at radius 1 is 1.32 bits per heavy atom. The molecular weight excluding hydrogens is 306 g/mol. The largest absolute Gasteiger partial charge is 0.351 e. The van der Waals surface area contributed by atoms with E-state index in [0.29, 0.717) is 18.6 Å². The zero-order valence-corrected chi connectivity index (χ0v) is 14.1. The highest BCUT2D eigenvalue weighted by Crippen LogP contribution is 2.22. The Balaban J connectivity index is 2.64. The lowest BCUT2D eigenvalue weighted by Crippen LogP contribution is -2.42. The van der Waals surface area contributed by atoms with Gasteiger partial charge in [0.05, 0.1) is 15.5 Å². The molecule has 0 aromatic heterocycles. The van der Waals surface area contributed by atoms with Gasteiger partial charge in [0.25, 0.3) is 11.6 Å². The van der Waals surface area contributed by atoms with Crippen molar-refractivity contribution in [1.82, 2.24) is 10.2 Å². The Labute approximate surface area is 135 Å². The van der Waals surface area contributed by atoms with Crippen molar-refractivity contribution in [3.63, 3.8) is 0 Å². The lowest BCUT2D eigenvalue weighted by molar-refractivity contribution is -0.384. The number of carbonyl (C=O) groups excluding carboxylic acids is 1. The molecule has 7 heteroatoms. The van der Waals surface area contributed by atoms with Crippen molar-refractivity contribution in [1.29, 1.82) is 0 Å². The molecule has 0 aliphatic carbocycles. The molecule has 0 saturated carbocycles. The molecular formula is C15H22ClN3O3. The number of carbonyl (C=O) groups is 1. The van der Waals surface area contributed by atoms with Crippen molar-refractivity contribution >= 4 is 23.2 Å². The number of nitrogens with one attached hydrogen (secondary N) is 1. The Morgan fingerprint density at radius 3 is 2.36 bits per heavy atom. The predicted molar refractivity (Wildman–Crippen MR) is 87.4 cm³/mol. The molecule has 0 atom stereocenters. The summed E-state index contributed by atoms with van der Waals surface area (Å²) in [5.74, 6) is -0.327. The Bertz CT molecular complexity index is 539. The Hall–Kier alpha value is -1.66. The summed E-state index contributed by atoms with van der Waals surface area (Å²) < 4.78 is 0. The smallest absolute Gasteiger partial charge is 0.270 e. The predicted octanol–water partition coefficient (Wildman–Crippen LogP) is 3.10. The lowest BCUT2D eigenvalue weighted by Gasteiger charge is -2.30. The monoisotopic (exact) mass is 327 g/mol. The maximum Gasteiger partial charge on any atom is 0.270 e. The van der Waals surface area contributed by atoms with Gasteiger partial charge in [-0.2, -0.15) is 0 Å². The molecule has 0 bridgehead atoms. The van der Waals surface area contributed by atoms with E-state index in [4.69, 9.17) is 11.6 Å². The van der Waals surface area contributed by atoms with Crippen LogP contribution in [0.15, 0.2) is 18.2 Å². The van der Waals surface area contributed by atoms with Crippen LogP contribution in [0.2, 0.25) is 5.02 Å². The van der Waals surface area contributed by atoms with E-state index >= 15 is 0 Å². The van der Waals surface area contributed by atoms with Crippen LogP contribution in [0, 0.1) is 10.1 Å². The minimum atomic E-state index is -0.545. The highest BCUT2D eigenvalue weighted by molar-refractivity contribution is 6.34. The average molecular weight is 328 g/mol. The van der Waals surface area contributed by atoms with E-state index < -0.39 is 4.92 Å². The van der Waals surface area contributed by atoms with E-state index in [2.05, 4.69) is 37.9 Å². The molecule has 0 heterocycles. The summed E-state index contributed by atoms with van der Waals surface area (Å²) in [6, 6.07) is 4.61. The van der Waals surface area contributed by atoms with E-state index in [1.807, 2.05) is 0 Å². The second-order valence-electron chi connectivity index (χ2n) is 5.60. The van der Waals surface area contributed by atoms with Crippen molar-refractivity contribution < 1.29 is 9.72 Å². The third kappa shape index (κ3) is 4.96. The molecule has 6 nitrogen and oxygen atoms in total. The number of hydrogen-bond donors (Lipinski definition) is 1. The zero-order chi connectivity index (χ0) is 16.9. The average Bonchev–Trinajstić information content (AvgIpc) is 2.42. The zero-order valence-electron chi connectivity index (χ0n) is 13.3. The molecule has 1 N–H and O–H groups in total. The van der Waals surface area contributed by atoms with Crippen LogP contribution in [0.5, 0.6) is 0 Å². The molecule has 0 aliphatic heterocycles. The summed E-state index contributed by atoms with van der Waals surface area (Å²) >= 11 is 5.94. The number of rotatable bonds is 7. The quantitative estimate of drug-likeness (QED) is 0.616. The summed E-state index contributed by atoms with van der Waals surface area (Å²) in [6.45, 7) is 9.64. The van der Waals surface area contributed by atoms with Gasteiger partial charge in [-0.3, -0.25) is 19.8 Å². The van der Waals surface area contributed by atoms with Gasteiger partial charge >= 0.3 is 0 Å². The van der Waals surface area contributed by atoms with E-state index in [0.717, 1.165) is 6.54 Å². The molecule has 0 aliphatic rings. The number of benzene rings is 1. The molecule has 0 unspecified atom stereocenters. The number of non-ortho nitro benzene ring substituents is 1. The van der Waals surface area contributed by atoms with Crippen LogP contribution in [0.25, 0.3) is 0 Å². The first-order chi connectivity index (χ1) is 10.2. The summed E-state index contributed by atoms with van der Waals surface area (Å²) in [5, 5.41) is 13.5. The van der Waals surface area contributed by atoms with Crippen LogP contribution in [0.4, 0.5) is 5.69 Å². The highest BCUT2D eigenvalue weighted by Gasteiger charge is 2.16. The fraction of sp³-hybridized carbons (Fsp3) is 0.533. The molecule has 22 heavy (non-hydrogen) atoms. The van der Waals surface area contributed by atoms with Gasteiger partial charge in [0.1, 0.15) is 0 Å². The Morgan fingerprint density at radius 2 is 1.91 bits per heavy atom. The highest BCUT2D eigenvalue weighted by atomic mass is 35.5. The van der Waals surface area contributed by atoms with Crippen molar-refractivity contribution in [2.75, 3.05) is 13.1 Å². The van der Waals surface area contributed by atoms with E-state index in [1.165, 1.54) is 18.2 Å². The molecule has 1 aromatic rings. The van der Waals surface area contributed by atoms with Gasteiger partial charge in [-0.25, -0.2) is 0 Å². The number of nitro groups is 1. The standard InChI is InChI=1S/C15H22ClN3O3/c1-10(2)18(11(3)4)8-7-17-15(20)13-6-5-12(19(21)22)9-14(13)16/h5-6,9-11H,7-8H2,1-4H3,(H,17,20). The number of hydrogen-bond acceptors (Lipinski definition) is 4.